The second kappa shape index (κ2) is 10.4. The zero-order chi connectivity index (χ0) is 18.8. The van der Waals surface area contributed by atoms with Crippen LogP contribution >= 0.6 is 11.3 Å². The third kappa shape index (κ3) is 6.03. The smallest absolute Gasteiger partial charge is 0.311 e. The predicted octanol–water partition coefficient (Wildman–Crippen LogP) is 3.49. The highest BCUT2D eigenvalue weighted by Crippen LogP contribution is 2.27. The standard InChI is InChI=1S/C18H23N3O4S/c1-4-8-25-15-7-6-13(9-16(15)23-3)11-19-21-18-20-14(12-26-18)10-17(22)24-5-2/h6-7,9,11-12H,4-5,8,10H2,1-3H3,(H,20,21). The molecule has 0 unspecified atom stereocenters. The van der Waals surface area contributed by atoms with Crippen LogP contribution in [0.25, 0.3) is 0 Å². The van der Waals surface area contributed by atoms with Crippen molar-refractivity contribution < 1.29 is 19.0 Å². The molecule has 7 nitrogen and oxygen atoms in total. The number of hydrogen-bond acceptors (Lipinski definition) is 8. The summed E-state index contributed by atoms with van der Waals surface area (Å²) >= 11 is 1.38. The van der Waals surface area contributed by atoms with Crippen LogP contribution in [0.3, 0.4) is 0 Å². The van der Waals surface area contributed by atoms with Gasteiger partial charge in [-0.15, -0.1) is 11.3 Å². The first kappa shape index (κ1) is 19.7. The Labute approximate surface area is 157 Å². The minimum atomic E-state index is -0.287. The van der Waals surface area contributed by atoms with Crippen molar-refractivity contribution in [3.8, 4) is 11.5 Å². The Morgan fingerprint density at radius 1 is 1.35 bits per heavy atom. The number of hydrazone groups is 1. The summed E-state index contributed by atoms with van der Waals surface area (Å²) in [5.74, 6) is 1.08. The van der Waals surface area contributed by atoms with E-state index in [1.165, 1.54) is 11.3 Å². The number of nitrogens with one attached hydrogen (secondary N) is 1. The number of carbonyl (C=O) groups excluding carboxylic acids is 1. The highest BCUT2D eigenvalue weighted by molar-refractivity contribution is 7.13. The lowest BCUT2D eigenvalue weighted by molar-refractivity contribution is -0.142. The molecule has 0 radical (unpaired) electrons. The number of ether oxygens (including phenoxy) is 3. The van der Waals surface area contributed by atoms with Crippen molar-refractivity contribution in [3.05, 3.63) is 34.8 Å². The fourth-order valence-corrected chi connectivity index (χ4v) is 2.72. The molecule has 0 fully saturated rings. The Hall–Kier alpha value is -2.61. The van der Waals surface area contributed by atoms with E-state index in [0.717, 1.165) is 12.0 Å². The lowest BCUT2D eigenvalue weighted by atomic mass is 10.2. The average Bonchev–Trinajstić information content (AvgIpc) is 3.07. The lowest BCUT2D eigenvalue weighted by Gasteiger charge is -2.10. The Morgan fingerprint density at radius 2 is 2.19 bits per heavy atom. The van der Waals surface area contributed by atoms with Gasteiger partial charge in [0.1, 0.15) is 0 Å². The topological polar surface area (TPSA) is 82.0 Å². The first-order valence-electron chi connectivity index (χ1n) is 8.36. The molecule has 0 aliphatic heterocycles. The number of aromatic nitrogens is 1. The van der Waals surface area contributed by atoms with Gasteiger partial charge in [0, 0.05) is 5.38 Å². The largest absolute Gasteiger partial charge is 0.493 e. The Kier molecular flexibility index (Phi) is 7.88. The number of carbonyl (C=O) groups is 1. The van der Waals surface area contributed by atoms with E-state index in [1.807, 2.05) is 18.2 Å². The number of thiazole rings is 1. The second-order valence-corrected chi connectivity index (χ2v) is 6.11. The van der Waals surface area contributed by atoms with E-state index in [2.05, 4.69) is 22.4 Å². The maximum atomic E-state index is 11.4. The summed E-state index contributed by atoms with van der Waals surface area (Å²) in [7, 11) is 1.61. The highest BCUT2D eigenvalue weighted by Gasteiger charge is 2.08. The van der Waals surface area contributed by atoms with Gasteiger partial charge in [0.05, 0.1) is 38.7 Å². The first-order chi connectivity index (χ1) is 12.7. The summed E-state index contributed by atoms with van der Waals surface area (Å²) < 4.78 is 15.9. The highest BCUT2D eigenvalue weighted by atomic mass is 32.1. The van der Waals surface area contributed by atoms with Crippen LogP contribution in [-0.2, 0) is 16.0 Å². The molecule has 1 N–H and O–H groups in total. The summed E-state index contributed by atoms with van der Waals surface area (Å²) in [6.07, 6.45) is 2.76. The van der Waals surface area contributed by atoms with Crippen LogP contribution < -0.4 is 14.9 Å². The molecule has 1 heterocycles. The maximum Gasteiger partial charge on any atom is 0.311 e. The van der Waals surface area contributed by atoms with E-state index in [9.17, 15) is 4.79 Å². The van der Waals surface area contributed by atoms with Crippen LogP contribution in [0.15, 0.2) is 28.7 Å². The fourth-order valence-electron chi connectivity index (χ4n) is 2.06. The molecule has 8 heteroatoms. The van der Waals surface area contributed by atoms with E-state index >= 15 is 0 Å². The molecule has 2 aromatic rings. The van der Waals surface area contributed by atoms with Gasteiger partial charge in [-0.3, -0.25) is 10.2 Å². The zero-order valence-corrected chi connectivity index (χ0v) is 16.0. The third-order valence-corrected chi connectivity index (χ3v) is 4.00. The Morgan fingerprint density at radius 3 is 2.92 bits per heavy atom. The molecule has 2 rings (SSSR count). The van der Waals surface area contributed by atoms with E-state index in [0.29, 0.717) is 35.5 Å². The van der Waals surface area contributed by atoms with Crippen molar-refractivity contribution in [1.82, 2.24) is 4.98 Å². The minimum absolute atomic E-state index is 0.159. The van der Waals surface area contributed by atoms with Gasteiger partial charge in [-0.05, 0) is 37.1 Å². The van der Waals surface area contributed by atoms with Crippen LogP contribution in [-0.4, -0.2) is 37.5 Å². The van der Waals surface area contributed by atoms with Crippen LogP contribution in [0.2, 0.25) is 0 Å². The number of anilines is 1. The molecule has 0 spiro atoms. The number of methoxy groups -OCH3 is 1. The molecule has 26 heavy (non-hydrogen) atoms. The number of nitrogens with zero attached hydrogens (tertiary/aromatic N) is 2. The van der Waals surface area contributed by atoms with Gasteiger partial charge in [-0.1, -0.05) is 6.92 Å². The molecular weight excluding hydrogens is 354 g/mol. The van der Waals surface area contributed by atoms with E-state index in [1.54, 1.807) is 25.6 Å². The number of rotatable bonds is 10. The van der Waals surface area contributed by atoms with Gasteiger partial charge in [0.15, 0.2) is 11.5 Å². The maximum absolute atomic E-state index is 11.4. The van der Waals surface area contributed by atoms with E-state index < -0.39 is 0 Å². The average molecular weight is 377 g/mol. The number of benzene rings is 1. The molecule has 0 amide bonds. The summed E-state index contributed by atoms with van der Waals surface area (Å²) in [6, 6.07) is 5.60. The molecule has 0 saturated carbocycles. The van der Waals surface area contributed by atoms with Gasteiger partial charge in [0.25, 0.3) is 0 Å². The molecule has 1 aromatic heterocycles. The summed E-state index contributed by atoms with van der Waals surface area (Å²) in [6.45, 7) is 4.84. The summed E-state index contributed by atoms with van der Waals surface area (Å²) in [4.78, 5) is 15.7. The van der Waals surface area contributed by atoms with Crippen molar-refractivity contribution >= 4 is 28.7 Å². The molecule has 0 aliphatic carbocycles. The quantitative estimate of drug-likeness (QED) is 0.388. The van der Waals surface area contributed by atoms with Crippen molar-refractivity contribution in [1.29, 1.82) is 0 Å². The normalized spacial score (nSPS) is 10.7. The molecule has 1 aromatic carbocycles. The van der Waals surface area contributed by atoms with E-state index in [-0.39, 0.29) is 12.4 Å². The molecule has 0 atom stereocenters. The van der Waals surface area contributed by atoms with Crippen LogP contribution in [0.1, 0.15) is 31.5 Å². The van der Waals surface area contributed by atoms with Crippen molar-refractivity contribution in [2.45, 2.75) is 26.7 Å². The van der Waals surface area contributed by atoms with Gasteiger partial charge in [-0.25, -0.2) is 4.98 Å². The molecule has 0 saturated heterocycles. The molecular formula is C18H23N3O4S. The van der Waals surface area contributed by atoms with Crippen LogP contribution in [0, 0.1) is 0 Å². The summed E-state index contributed by atoms with van der Waals surface area (Å²) in [5.41, 5.74) is 4.38. The molecule has 0 aliphatic rings. The van der Waals surface area contributed by atoms with Crippen molar-refractivity contribution in [3.63, 3.8) is 0 Å². The van der Waals surface area contributed by atoms with E-state index in [4.69, 9.17) is 14.2 Å². The third-order valence-electron chi connectivity index (χ3n) is 3.21. The second-order valence-electron chi connectivity index (χ2n) is 5.25. The fraction of sp³-hybridized carbons (Fsp3) is 0.389. The van der Waals surface area contributed by atoms with Crippen LogP contribution in [0.5, 0.6) is 11.5 Å². The monoisotopic (exact) mass is 377 g/mol. The molecule has 0 bridgehead atoms. The molecule has 140 valence electrons. The minimum Gasteiger partial charge on any atom is -0.493 e. The number of hydrogen-bond donors (Lipinski definition) is 1. The SMILES string of the molecule is CCCOc1ccc(C=NNc2nc(CC(=O)OCC)cs2)cc1OC. The van der Waals surface area contributed by atoms with Gasteiger partial charge in [0.2, 0.25) is 5.13 Å². The number of esters is 1. The first-order valence-corrected chi connectivity index (χ1v) is 9.24. The van der Waals surface area contributed by atoms with Crippen molar-refractivity contribution in [2.24, 2.45) is 5.10 Å². The predicted molar refractivity (Wildman–Crippen MR) is 102 cm³/mol. The van der Waals surface area contributed by atoms with Gasteiger partial charge >= 0.3 is 5.97 Å². The lowest BCUT2D eigenvalue weighted by Crippen LogP contribution is -2.07. The Bertz CT molecular complexity index is 746. The van der Waals surface area contributed by atoms with Crippen LogP contribution in [0.4, 0.5) is 5.13 Å². The Balaban J connectivity index is 1.93. The van der Waals surface area contributed by atoms with Gasteiger partial charge < -0.3 is 14.2 Å². The van der Waals surface area contributed by atoms with Crippen molar-refractivity contribution in [2.75, 3.05) is 25.7 Å². The zero-order valence-electron chi connectivity index (χ0n) is 15.2. The van der Waals surface area contributed by atoms with Gasteiger partial charge in [-0.2, -0.15) is 5.10 Å². The summed E-state index contributed by atoms with van der Waals surface area (Å²) in [5, 5.41) is 6.58.